The first-order valence-electron chi connectivity index (χ1n) is 10.8. The molecule has 0 unspecified atom stereocenters. The molecule has 41 heavy (non-hydrogen) atoms. The number of hydrogen-bond acceptors (Lipinski definition) is 12. The van der Waals surface area contributed by atoms with E-state index in [0.29, 0.717) is 6.07 Å². The summed E-state index contributed by atoms with van der Waals surface area (Å²) in [5.74, 6) is -0.262. The Bertz CT molecular complexity index is 2050. The Morgan fingerprint density at radius 2 is 1.44 bits per heavy atom. The molecule has 0 aromatic heterocycles. The van der Waals surface area contributed by atoms with Gasteiger partial charge in [-0.25, -0.2) is 25.3 Å². The molecule has 2 N–H and O–H groups in total. The van der Waals surface area contributed by atoms with Crippen LogP contribution in [-0.2, 0) is 30.0 Å². The van der Waals surface area contributed by atoms with Crippen molar-refractivity contribution in [3.8, 4) is 5.75 Å². The maximum atomic E-state index is 13.1. The standard InChI is InChI=1S/C23H18N4O10S3.K/c1-38(31,32)22-12-14(27(29)30)8-9-18(22)24-25-19-10-11-21(28)17-6-3-7-20(23(17)19)26-39(33,34)15-4-2-5-16(13-15)40(35,36)37;/h2-13,26,28H,1H3,(H,35,36,37);/q;+1/p-1. The van der Waals surface area contributed by atoms with Crippen molar-refractivity contribution in [2.45, 2.75) is 14.7 Å². The second-order valence-electron chi connectivity index (χ2n) is 8.25. The van der Waals surface area contributed by atoms with Crippen molar-refractivity contribution in [1.82, 2.24) is 0 Å². The van der Waals surface area contributed by atoms with Crippen LogP contribution >= 0.6 is 0 Å². The zero-order valence-corrected chi connectivity index (χ0v) is 26.7. The van der Waals surface area contributed by atoms with Crippen LogP contribution in [0.1, 0.15) is 0 Å². The van der Waals surface area contributed by atoms with Crippen LogP contribution in [0.4, 0.5) is 22.7 Å². The molecule has 18 heteroatoms. The number of benzene rings is 4. The minimum Gasteiger partial charge on any atom is -0.744 e. The molecule has 0 radical (unpaired) electrons. The Morgan fingerprint density at radius 3 is 2.07 bits per heavy atom. The average molecular weight is 645 g/mol. The number of nitro groups is 1. The van der Waals surface area contributed by atoms with Gasteiger partial charge in [0.15, 0.2) is 9.84 Å². The predicted octanol–water partition coefficient (Wildman–Crippen LogP) is 0.981. The molecule has 4 aromatic rings. The van der Waals surface area contributed by atoms with Crippen LogP contribution in [-0.4, -0.2) is 46.1 Å². The Labute approximate surface area is 276 Å². The van der Waals surface area contributed by atoms with Crippen molar-refractivity contribution in [3.05, 3.63) is 82.9 Å². The number of aromatic hydroxyl groups is 1. The van der Waals surface area contributed by atoms with Crippen LogP contribution in [0.25, 0.3) is 10.8 Å². The number of rotatable bonds is 8. The molecule has 208 valence electrons. The summed E-state index contributed by atoms with van der Waals surface area (Å²) in [6, 6.07) is 13.4. The van der Waals surface area contributed by atoms with E-state index in [1.807, 2.05) is 0 Å². The molecule has 0 aliphatic rings. The molecule has 0 saturated carbocycles. The van der Waals surface area contributed by atoms with Crippen molar-refractivity contribution < 1.29 is 91.2 Å². The average Bonchev–Trinajstić information content (AvgIpc) is 2.87. The van der Waals surface area contributed by atoms with E-state index in [2.05, 4.69) is 15.0 Å². The van der Waals surface area contributed by atoms with Crippen molar-refractivity contribution in [3.63, 3.8) is 0 Å². The Balaban J connectivity index is 0.00000462. The quantitative estimate of drug-likeness (QED) is 0.0909. The van der Waals surface area contributed by atoms with E-state index >= 15 is 0 Å². The van der Waals surface area contributed by atoms with Gasteiger partial charge in [-0.15, -0.1) is 10.2 Å². The number of sulfonamides is 1. The first-order chi connectivity index (χ1) is 18.6. The first-order valence-corrected chi connectivity index (χ1v) is 15.6. The summed E-state index contributed by atoms with van der Waals surface area (Å²) in [5.41, 5.74) is -0.868. The Kier molecular flexibility index (Phi) is 9.73. The van der Waals surface area contributed by atoms with Gasteiger partial charge >= 0.3 is 51.4 Å². The summed E-state index contributed by atoms with van der Waals surface area (Å²) < 4.78 is 87.0. The van der Waals surface area contributed by atoms with Crippen molar-refractivity contribution in [2.75, 3.05) is 11.0 Å². The van der Waals surface area contributed by atoms with Crippen molar-refractivity contribution >= 4 is 63.5 Å². The number of anilines is 1. The fourth-order valence-electron chi connectivity index (χ4n) is 3.65. The first kappa shape index (κ1) is 32.7. The normalized spacial score (nSPS) is 12.2. The number of azo groups is 1. The third-order valence-electron chi connectivity index (χ3n) is 5.46. The molecule has 0 bridgehead atoms. The summed E-state index contributed by atoms with van der Waals surface area (Å²) in [4.78, 5) is 8.57. The summed E-state index contributed by atoms with van der Waals surface area (Å²) in [6.45, 7) is 0. The second-order valence-corrected chi connectivity index (χ2v) is 13.3. The monoisotopic (exact) mass is 644 g/mol. The van der Waals surface area contributed by atoms with Gasteiger partial charge in [0, 0.05) is 29.2 Å². The van der Waals surface area contributed by atoms with Crippen LogP contribution in [0.3, 0.4) is 0 Å². The molecule has 0 amide bonds. The van der Waals surface area contributed by atoms with Gasteiger partial charge in [-0.05, 0) is 42.5 Å². The Hall–Kier alpha value is -2.81. The van der Waals surface area contributed by atoms with Gasteiger partial charge in [0.2, 0.25) is 0 Å². The van der Waals surface area contributed by atoms with Gasteiger partial charge in [0.05, 0.1) is 26.1 Å². The third kappa shape index (κ3) is 7.34. The number of phenols is 1. The van der Waals surface area contributed by atoms with Gasteiger partial charge in [0.25, 0.3) is 15.7 Å². The smallest absolute Gasteiger partial charge is 0.744 e. The van der Waals surface area contributed by atoms with E-state index in [1.165, 1.54) is 30.3 Å². The van der Waals surface area contributed by atoms with Gasteiger partial charge in [0.1, 0.15) is 26.5 Å². The van der Waals surface area contributed by atoms with Gasteiger partial charge < -0.3 is 9.66 Å². The molecule has 0 spiro atoms. The third-order valence-corrected chi connectivity index (χ3v) is 8.78. The molecule has 4 aromatic carbocycles. The molecule has 14 nitrogen and oxygen atoms in total. The minimum absolute atomic E-state index is 0. The number of nitro benzene ring substituents is 1. The molecule has 0 aliphatic heterocycles. The van der Waals surface area contributed by atoms with Crippen LogP contribution in [0.2, 0.25) is 0 Å². The number of phenolic OH excluding ortho intramolecular Hbond substituents is 1. The number of nitrogens with one attached hydrogen (secondary N) is 1. The van der Waals surface area contributed by atoms with Crippen LogP contribution < -0.4 is 56.1 Å². The summed E-state index contributed by atoms with van der Waals surface area (Å²) in [6.07, 6.45) is 0.834. The van der Waals surface area contributed by atoms with E-state index in [1.54, 1.807) is 0 Å². The Morgan fingerprint density at radius 1 is 0.829 bits per heavy atom. The molecule has 0 heterocycles. The largest absolute Gasteiger partial charge is 1.00 e. The fraction of sp³-hybridized carbons (Fsp3) is 0.0435. The zero-order chi connectivity index (χ0) is 29.5. The number of non-ortho nitro benzene ring substituents is 1. The van der Waals surface area contributed by atoms with Crippen molar-refractivity contribution in [2.24, 2.45) is 10.2 Å². The number of fused-ring (bicyclic) bond motifs is 1. The molecule has 0 saturated heterocycles. The summed E-state index contributed by atoms with van der Waals surface area (Å²) in [7, 11) is -13.4. The summed E-state index contributed by atoms with van der Waals surface area (Å²) >= 11 is 0. The molecule has 0 fully saturated rings. The van der Waals surface area contributed by atoms with E-state index in [-0.39, 0.29) is 85.0 Å². The fourth-order valence-corrected chi connectivity index (χ4v) is 6.18. The van der Waals surface area contributed by atoms with E-state index in [4.69, 9.17) is 0 Å². The molecular formula is C23H17KN4O10S3. The minimum atomic E-state index is -4.94. The number of sulfone groups is 1. The molecule has 0 aliphatic carbocycles. The van der Waals surface area contributed by atoms with Gasteiger partial charge in [-0.1, -0.05) is 18.2 Å². The maximum Gasteiger partial charge on any atom is 1.00 e. The zero-order valence-electron chi connectivity index (χ0n) is 21.1. The van der Waals surface area contributed by atoms with Crippen molar-refractivity contribution in [1.29, 1.82) is 0 Å². The van der Waals surface area contributed by atoms with Crippen LogP contribution in [0, 0.1) is 10.1 Å². The molecule has 0 atom stereocenters. The van der Waals surface area contributed by atoms with Crippen LogP contribution in [0.15, 0.2) is 97.7 Å². The maximum absolute atomic E-state index is 13.1. The van der Waals surface area contributed by atoms with E-state index in [0.717, 1.165) is 42.7 Å². The molecular weight excluding hydrogens is 628 g/mol. The topological polar surface area (TPSA) is 226 Å². The predicted molar refractivity (Wildman–Crippen MR) is 141 cm³/mol. The van der Waals surface area contributed by atoms with Crippen LogP contribution in [0.5, 0.6) is 5.75 Å². The number of hydrogen-bond donors (Lipinski definition) is 2. The van der Waals surface area contributed by atoms with Gasteiger partial charge in [-0.3, -0.25) is 14.8 Å². The second kappa shape index (κ2) is 12.2. The van der Waals surface area contributed by atoms with Gasteiger partial charge in [-0.2, -0.15) is 0 Å². The van der Waals surface area contributed by atoms with E-state index < -0.39 is 55.3 Å². The molecule has 4 rings (SSSR count). The van der Waals surface area contributed by atoms with E-state index in [9.17, 15) is 45.0 Å². The number of nitrogens with zero attached hydrogens (tertiary/aromatic N) is 3. The SMILES string of the molecule is CS(=O)(=O)c1cc([N+](=O)[O-])ccc1N=Nc1ccc(O)c2cccc(NS(=O)(=O)c3cccc(S(=O)(=O)[O-])c3)c12.[K+]. The summed E-state index contributed by atoms with van der Waals surface area (Å²) in [5, 5.41) is 29.6.